The molecule has 0 aliphatic heterocycles. The van der Waals surface area contributed by atoms with Crippen molar-refractivity contribution >= 4 is 23.2 Å². The van der Waals surface area contributed by atoms with E-state index in [2.05, 4.69) is 20.4 Å². The molecule has 3 rings (SSSR count). The van der Waals surface area contributed by atoms with Gasteiger partial charge in [0.25, 0.3) is 5.91 Å². The smallest absolute Gasteiger partial charge is 0.307 e. The van der Waals surface area contributed by atoms with Gasteiger partial charge >= 0.3 is 5.97 Å². The molecule has 7 nitrogen and oxygen atoms in total. The topological polar surface area (TPSA) is 84.4 Å². The summed E-state index contributed by atoms with van der Waals surface area (Å²) < 4.78 is 5.23. The maximum Gasteiger partial charge on any atom is 0.307 e. The number of esters is 1. The molecule has 8 heteroatoms. The molecular weight excluding hydrogens is 412 g/mol. The van der Waals surface area contributed by atoms with E-state index in [0.717, 1.165) is 36.3 Å². The molecule has 1 aliphatic rings. The van der Waals surface area contributed by atoms with Crippen LogP contribution >= 0.6 is 11.3 Å². The van der Waals surface area contributed by atoms with Crippen molar-refractivity contribution in [2.75, 3.05) is 13.7 Å². The molecule has 31 heavy (non-hydrogen) atoms. The van der Waals surface area contributed by atoms with Gasteiger partial charge in [-0.15, -0.1) is 10.2 Å². The molecule has 0 atom stereocenters. The van der Waals surface area contributed by atoms with Gasteiger partial charge in [0.05, 0.1) is 19.6 Å². The van der Waals surface area contributed by atoms with Gasteiger partial charge in [0.2, 0.25) is 5.01 Å². The fourth-order valence-corrected chi connectivity index (χ4v) is 4.94. The summed E-state index contributed by atoms with van der Waals surface area (Å²) in [4.78, 5) is 26.9. The second-order valence-electron chi connectivity index (χ2n) is 8.29. The van der Waals surface area contributed by atoms with Gasteiger partial charge in [-0.1, -0.05) is 60.4 Å². The molecule has 0 radical (unpaired) electrons. The Morgan fingerprint density at radius 3 is 2.55 bits per heavy atom. The number of nitrogens with one attached hydrogen (secondary N) is 1. The Labute approximate surface area is 188 Å². The van der Waals surface area contributed by atoms with Crippen molar-refractivity contribution in [3.05, 3.63) is 45.4 Å². The molecule has 1 fully saturated rings. The van der Waals surface area contributed by atoms with Crippen LogP contribution in [0.5, 0.6) is 0 Å². The monoisotopic (exact) mass is 444 g/mol. The molecule has 1 aromatic carbocycles. The number of aryl methyl sites for hydroxylation is 1. The van der Waals surface area contributed by atoms with Crippen LogP contribution in [0.25, 0.3) is 0 Å². The third-order valence-corrected chi connectivity index (χ3v) is 6.89. The van der Waals surface area contributed by atoms with Crippen LogP contribution in [0.4, 0.5) is 0 Å². The van der Waals surface area contributed by atoms with E-state index >= 15 is 0 Å². The molecule has 1 amide bonds. The standard InChI is InChI=1S/C23H32N4O3S/c1-4-30-20(28)14-23(12-6-5-7-13-23)27(3)16-19-25-26-22(31-19)21(29)24-15-18-10-8-17(2)9-11-18/h8-11H,4-7,12-16H2,1-3H3,(H,24,29). The lowest BCUT2D eigenvalue weighted by atomic mass is 9.78. The van der Waals surface area contributed by atoms with Gasteiger partial charge in [0.15, 0.2) is 0 Å². The quantitative estimate of drug-likeness (QED) is 0.591. The highest BCUT2D eigenvalue weighted by atomic mass is 32.1. The Bertz CT molecular complexity index is 875. The summed E-state index contributed by atoms with van der Waals surface area (Å²) >= 11 is 1.31. The number of rotatable bonds is 9. The molecule has 0 spiro atoms. The molecule has 0 unspecified atom stereocenters. The molecular formula is C23H32N4O3S. The average Bonchev–Trinajstić information content (AvgIpc) is 3.22. The van der Waals surface area contributed by atoms with Crippen molar-refractivity contribution in [1.29, 1.82) is 0 Å². The molecule has 1 N–H and O–H groups in total. The molecule has 1 aromatic heterocycles. The Hall–Kier alpha value is -2.32. The van der Waals surface area contributed by atoms with Crippen LogP contribution in [0.1, 0.15) is 71.4 Å². The minimum Gasteiger partial charge on any atom is -0.466 e. The van der Waals surface area contributed by atoms with Crippen molar-refractivity contribution in [1.82, 2.24) is 20.4 Å². The van der Waals surface area contributed by atoms with Crippen molar-refractivity contribution in [2.45, 2.75) is 71.0 Å². The highest BCUT2D eigenvalue weighted by molar-refractivity contribution is 7.13. The van der Waals surface area contributed by atoms with Gasteiger partial charge in [0.1, 0.15) is 5.01 Å². The van der Waals surface area contributed by atoms with E-state index in [-0.39, 0.29) is 17.4 Å². The third-order valence-electron chi connectivity index (χ3n) is 5.98. The van der Waals surface area contributed by atoms with E-state index in [0.29, 0.717) is 31.1 Å². The van der Waals surface area contributed by atoms with Crippen LogP contribution < -0.4 is 5.32 Å². The molecule has 0 bridgehead atoms. The molecule has 0 saturated heterocycles. The molecule has 2 aromatic rings. The highest BCUT2D eigenvalue weighted by Crippen LogP contribution is 2.37. The summed E-state index contributed by atoms with van der Waals surface area (Å²) in [7, 11) is 2.03. The minimum absolute atomic E-state index is 0.148. The van der Waals surface area contributed by atoms with Gasteiger partial charge in [-0.3, -0.25) is 14.5 Å². The predicted molar refractivity (Wildman–Crippen MR) is 121 cm³/mol. The summed E-state index contributed by atoms with van der Waals surface area (Å²) in [5.74, 6) is -0.365. The number of hydrogen-bond donors (Lipinski definition) is 1. The van der Waals surface area contributed by atoms with Crippen LogP contribution in [-0.4, -0.2) is 46.2 Å². The predicted octanol–water partition coefficient (Wildman–Crippen LogP) is 3.86. The fraction of sp³-hybridized carbons (Fsp3) is 0.565. The summed E-state index contributed by atoms with van der Waals surface area (Å²) in [5.41, 5.74) is 2.01. The number of benzene rings is 1. The zero-order valence-electron chi connectivity index (χ0n) is 18.6. The molecule has 168 valence electrons. The van der Waals surface area contributed by atoms with E-state index in [4.69, 9.17) is 4.74 Å². The number of carbonyl (C=O) groups excluding carboxylic acids is 2. The Kier molecular flexibility index (Phi) is 8.15. The number of nitrogens with zero attached hydrogens (tertiary/aromatic N) is 3. The van der Waals surface area contributed by atoms with E-state index in [9.17, 15) is 9.59 Å². The van der Waals surface area contributed by atoms with Crippen LogP contribution in [0.2, 0.25) is 0 Å². The lowest BCUT2D eigenvalue weighted by Gasteiger charge is -2.43. The van der Waals surface area contributed by atoms with E-state index in [1.165, 1.54) is 23.3 Å². The van der Waals surface area contributed by atoms with E-state index in [1.54, 1.807) is 0 Å². The van der Waals surface area contributed by atoms with Crippen LogP contribution in [0.3, 0.4) is 0 Å². The maximum atomic E-state index is 12.5. The fourth-order valence-electron chi connectivity index (χ4n) is 4.13. The van der Waals surface area contributed by atoms with Gasteiger partial charge in [0, 0.05) is 12.1 Å². The normalized spacial score (nSPS) is 15.6. The molecule has 1 heterocycles. The van der Waals surface area contributed by atoms with Gasteiger partial charge < -0.3 is 10.1 Å². The van der Waals surface area contributed by atoms with Crippen molar-refractivity contribution in [3.8, 4) is 0 Å². The number of aromatic nitrogens is 2. The number of amides is 1. The minimum atomic E-state index is -0.218. The second-order valence-corrected chi connectivity index (χ2v) is 9.35. The molecule has 1 aliphatic carbocycles. The van der Waals surface area contributed by atoms with Crippen LogP contribution in [-0.2, 0) is 22.6 Å². The summed E-state index contributed by atoms with van der Waals surface area (Å²) in [6.07, 6.45) is 5.72. The first-order valence-electron chi connectivity index (χ1n) is 10.9. The highest BCUT2D eigenvalue weighted by Gasteiger charge is 2.39. The van der Waals surface area contributed by atoms with Gasteiger partial charge in [-0.05, 0) is 39.3 Å². The number of ether oxygens (including phenoxy) is 1. The third kappa shape index (κ3) is 6.33. The first-order valence-corrected chi connectivity index (χ1v) is 11.8. The van der Waals surface area contributed by atoms with Crippen molar-refractivity contribution < 1.29 is 14.3 Å². The van der Waals surface area contributed by atoms with Gasteiger partial charge in [-0.2, -0.15) is 0 Å². The Morgan fingerprint density at radius 1 is 1.16 bits per heavy atom. The summed E-state index contributed by atoms with van der Waals surface area (Å²) in [6, 6.07) is 8.06. The zero-order valence-corrected chi connectivity index (χ0v) is 19.5. The van der Waals surface area contributed by atoms with E-state index < -0.39 is 0 Å². The first kappa shape index (κ1) is 23.3. The van der Waals surface area contributed by atoms with Crippen molar-refractivity contribution in [3.63, 3.8) is 0 Å². The lowest BCUT2D eigenvalue weighted by Crippen LogP contribution is -2.49. The molecule has 1 saturated carbocycles. The Morgan fingerprint density at radius 2 is 1.87 bits per heavy atom. The maximum absolute atomic E-state index is 12.5. The second kappa shape index (κ2) is 10.8. The summed E-state index contributed by atoms with van der Waals surface area (Å²) in [5, 5.41) is 12.4. The Balaban J connectivity index is 1.60. The largest absolute Gasteiger partial charge is 0.466 e. The zero-order chi connectivity index (χ0) is 22.3. The van der Waals surface area contributed by atoms with Gasteiger partial charge in [-0.25, -0.2) is 0 Å². The van der Waals surface area contributed by atoms with Crippen LogP contribution in [0.15, 0.2) is 24.3 Å². The first-order chi connectivity index (χ1) is 14.9. The SMILES string of the molecule is CCOC(=O)CC1(N(C)Cc2nnc(C(=O)NCc3ccc(C)cc3)s2)CCCCC1. The number of carbonyl (C=O) groups is 2. The van der Waals surface area contributed by atoms with Crippen LogP contribution in [0, 0.1) is 6.92 Å². The van der Waals surface area contributed by atoms with E-state index in [1.807, 2.05) is 45.2 Å². The average molecular weight is 445 g/mol. The number of hydrogen-bond acceptors (Lipinski definition) is 7. The lowest BCUT2D eigenvalue weighted by molar-refractivity contribution is -0.147. The van der Waals surface area contributed by atoms with Crippen molar-refractivity contribution in [2.24, 2.45) is 0 Å². The summed E-state index contributed by atoms with van der Waals surface area (Å²) in [6.45, 7) is 5.28.